The lowest BCUT2D eigenvalue weighted by Gasteiger charge is -2.06. The van der Waals surface area contributed by atoms with Gasteiger partial charge in [-0.15, -0.1) is 0 Å². The Hall–Kier alpha value is -1.75. The monoisotopic (exact) mass is 322 g/mol. The molecule has 98 valence electrons. The molecule has 5 heteroatoms. The summed E-state index contributed by atoms with van der Waals surface area (Å²) in [4.78, 5) is 15.4. The van der Waals surface area contributed by atoms with Gasteiger partial charge in [-0.05, 0) is 17.2 Å². The van der Waals surface area contributed by atoms with Gasteiger partial charge in [0.15, 0.2) is 0 Å². The van der Waals surface area contributed by atoms with E-state index < -0.39 is 5.82 Å². The first-order valence-corrected chi connectivity index (χ1v) is 6.83. The zero-order valence-electron chi connectivity index (χ0n) is 10.1. The molecule has 0 aliphatic heterocycles. The van der Waals surface area contributed by atoms with Crippen LogP contribution in [0.15, 0.2) is 42.7 Å². The van der Waals surface area contributed by atoms with Crippen molar-refractivity contribution in [3.63, 3.8) is 0 Å². The number of amides is 1. The van der Waals surface area contributed by atoms with Gasteiger partial charge in [-0.2, -0.15) is 0 Å². The Kier molecular flexibility index (Phi) is 4.63. The average Bonchev–Trinajstić information content (AvgIpc) is 2.45. The second kappa shape index (κ2) is 6.43. The molecule has 0 radical (unpaired) electrons. The van der Waals surface area contributed by atoms with E-state index in [-0.39, 0.29) is 11.5 Å². The Morgan fingerprint density at radius 2 is 2.05 bits per heavy atom. The number of hydrogen-bond acceptors (Lipinski definition) is 2. The van der Waals surface area contributed by atoms with Crippen LogP contribution in [-0.4, -0.2) is 10.9 Å². The summed E-state index contributed by atoms with van der Waals surface area (Å²) in [5, 5.41) is 3.50. The van der Waals surface area contributed by atoms with Gasteiger partial charge in [-0.1, -0.05) is 40.2 Å². The second-order valence-electron chi connectivity index (χ2n) is 4.03. The maximum atomic E-state index is 12.9. The molecule has 2 rings (SSSR count). The molecule has 3 nitrogen and oxygen atoms in total. The molecule has 1 aromatic heterocycles. The van der Waals surface area contributed by atoms with E-state index in [1.165, 1.54) is 6.20 Å². The average molecular weight is 323 g/mol. The number of aromatic nitrogens is 1. The van der Waals surface area contributed by atoms with E-state index in [9.17, 15) is 9.18 Å². The van der Waals surface area contributed by atoms with Crippen molar-refractivity contribution in [3.8, 4) is 0 Å². The first-order valence-electron chi connectivity index (χ1n) is 5.71. The highest BCUT2D eigenvalue weighted by Crippen LogP contribution is 2.09. The largest absolute Gasteiger partial charge is 0.348 e. The van der Waals surface area contributed by atoms with E-state index in [2.05, 4.69) is 26.2 Å². The van der Waals surface area contributed by atoms with Gasteiger partial charge in [0.1, 0.15) is 5.82 Å². The molecular weight excluding hydrogens is 311 g/mol. The minimum absolute atomic E-state index is 0.219. The summed E-state index contributed by atoms with van der Waals surface area (Å²) in [5.74, 6) is -0.856. The van der Waals surface area contributed by atoms with Gasteiger partial charge < -0.3 is 5.32 Å². The van der Waals surface area contributed by atoms with Crippen molar-refractivity contribution in [2.45, 2.75) is 11.9 Å². The second-order valence-corrected chi connectivity index (χ2v) is 4.59. The minimum atomic E-state index is -0.520. The molecule has 0 saturated heterocycles. The standard InChI is InChI=1S/C14H12BrFN2O/c15-6-10-2-1-3-11(4-10)7-18-14(19)12-5-13(16)9-17-8-12/h1-5,8-9H,6-7H2,(H,18,19). The number of carbonyl (C=O) groups excluding carboxylic acids is 1. The van der Waals surface area contributed by atoms with Crippen molar-refractivity contribution in [1.29, 1.82) is 0 Å². The SMILES string of the molecule is O=C(NCc1cccc(CBr)c1)c1cncc(F)c1. The van der Waals surface area contributed by atoms with Crippen LogP contribution >= 0.6 is 15.9 Å². The minimum Gasteiger partial charge on any atom is -0.348 e. The third-order valence-corrected chi connectivity index (χ3v) is 3.21. The maximum absolute atomic E-state index is 12.9. The number of alkyl halides is 1. The molecule has 0 unspecified atom stereocenters. The summed E-state index contributed by atoms with van der Waals surface area (Å²) < 4.78 is 12.9. The van der Waals surface area contributed by atoms with Gasteiger partial charge >= 0.3 is 0 Å². The molecule has 0 saturated carbocycles. The molecule has 0 aliphatic carbocycles. The highest BCUT2D eigenvalue weighted by molar-refractivity contribution is 9.08. The lowest BCUT2D eigenvalue weighted by Crippen LogP contribution is -2.23. The Bertz CT molecular complexity index is 589. The van der Waals surface area contributed by atoms with Crippen LogP contribution in [0.2, 0.25) is 0 Å². The molecular formula is C14H12BrFN2O. The van der Waals surface area contributed by atoms with Crippen LogP contribution in [0, 0.1) is 5.82 Å². The van der Waals surface area contributed by atoms with E-state index in [4.69, 9.17) is 0 Å². The van der Waals surface area contributed by atoms with Crippen LogP contribution in [0.3, 0.4) is 0 Å². The number of hydrogen-bond donors (Lipinski definition) is 1. The van der Waals surface area contributed by atoms with Crippen LogP contribution < -0.4 is 5.32 Å². The number of nitrogens with one attached hydrogen (secondary N) is 1. The van der Waals surface area contributed by atoms with Gasteiger partial charge in [0.25, 0.3) is 5.91 Å². The highest BCUT2D eigenvalue weighted by atomic mass is 79.9. The summed E-state index contributed by atoms with van der Waals surface area (Å²) in [7, 11) is 0. The molecule has 0 bridgehead atoms. The Morgan fingerprint density at radius 1 is 1.26 bits per heavy atom. The molecule has 1 N–H and O–H groups in total. The zero-order chi connectivity index (χ0) is 13.7. The molecule has 1 heterocycles. The normalized spacial score (nSPS) is 10.2. The van der Waals surface area contributed by atoms with Gasteiger partial charge in [0, 0.05) is 18.1 Å². The number of nitrogens with zero attached hydrogens (tertiary/aromatic N) is 1. The van der Waals surface area contributed by atoms with Gasteiger partial charge in [0.2, 0.25) is 0 Å². The molecule has 0 spiro atoms. The summed E-state index contributed by atoms with van der Waals surface area (Å²) in [6.07, 6.45) is 2.41. The third kappa shape index (κ3) is 3.86. The van der Waals surface area contributed by atoms with Crippen LogP contribution in [-0.2, 0) is 11.9 Å². The predicted molar refractivity (Wildman–Crippen MR) is 74.4 cm³/mol. The van der Waals surface area contributed by atoms with E-state index in [1.807, 2.05) is 24.3 Å². The van der Waals surface area contributed by atoms with Crippen LogP contribution in [0.1, 0.15) is 21.5 Å². The number of carbonyl (C=O) groups is 1. The van der Waals surface area contributed by atoms with Crippen molar-refractivity contribution in [2.24, 2.45) is 0 Å². The number of rotatable bonds is 4. The number of pyridine rings is 1. The lowest BCUT2D eigenvalue weighted by molar-refractivity contribution is 0.0950. The smallest absolute Gasteiger partial charge is 0.253 e. The molecule has 1 aromatic carbocycles. The van der Waals surface area contributed by atoms with Crippen LogP contribution in [0.4, 0.5) is 4.39 Å². The van der Waals surface area contributed by atoms with Crippen LogP contribution in [0.5, 0.6) is 0 Å². The fourth-order valence-electron chi connectivity index (χ4n) is 1.64. The zero-order valence-corrected chi connectivity index (χ0v) is 11.7. The number of halogens is 2. The number of benzene rings is 1. The first kappa shape index (κ1) is 13.7. The fourth-order valence-corrected chi connectivity index (χ4v) is 1.99. The molecule has 1 amide bonds. The van der Waals surface area contributed by atoms with E-state index in [0.29, 0.717) is 6.54 Å². The Morgan fingerprint density at radius 3 is 2.79 bits per heavy atom. The van der Waals surface area contributed by atoms with E-state index in [1.54, 1.807) is 0 Å². The Labute approximate surface area is 119 Å². The molecule has 2 aromatic rings. The van der Waals surface area contributed by atoms with Gasteiger partial charge in [-0.25, -0.2) is 4.39 Å². The molecule has 0 fully saturated rings. The highest BCUT2D eigenvalue weighted by Gasteiger charge is 2.06. The first-order chi connectivity index (χ1) is 9.19. The molecule has 0 atom stereocenters. The lowest BCUT2D eigenvalue weighted by atomic mass is 10.1. The van der Waals surface area contributed by atoms with Gasteiger partial charge in [0.05, 0.1) is 11.8 Å². The maximum Gasteiger partial charge on any atom is 0.253 e. The summed E-state index contributed by atoms with van der Waals surface area (Å²) in [6.45, 7) is 0.399. The fraction of sp³-hybridized carbons (Fsp3) is 0.143. The van der Waals surface area contributed by atoms with E-state index in [0.717, 1.165) is 28.7 Å². The van der Waals surface area contributed by atoms with Crippen molar-refractivity contribution in [1.82, 2.24) is 10.3 Å². The van der Waals surface area contributed by atoms with Crippen LogP contribution in [0.25, 0.3) is 0 Å². The van der Waals surface area contributed by atoms with Crippen molar-refractivity contribution >= 4 is 21.8 Å². The van der Waals surface area contributed by atoms with Gasteiger partial charge in [-0.3, -0.25) is 9.78 Å². The summed E-state index contributed by atoms with van der Waals surface area (Å²) >= 11 is 3.38. The Balaban J connectivity index is 2.00. The van der Waals surface area contributed by atoms with Crippen molar-refractivity contribution < 1.29 is 9.18 Å². The topological polar surface area (TPSA) is 42.0 Å². The van der Waals surface area contributed by atoms with Crippen molar-refractivity contribution in [2.75, 3.05) is 0 Å². The molecule has 19 heavy (non-hydrogen) atoms. The van der Waals surface area contributed by atoms with E-state index >= 15 is 0 Å². The molecule has 0 aliphatic rings. The quantitative estimate of drug-likeness (QED) is 0.879. The summed E-state index contributed by atoms with van der Waals surface area (Å²) in [5.41, 5.74) is 2.35. The van der Waals surface area contributed by atoms with Crippen molar-refractivity contribution in [3.05, 3.63) is 65.2 Å². The third-order valence-electron chi connectivity index (χ3n) is 2.57. The predicted octanol–water partition coefficient (Wildman–Crippen LogP) is 3.05. The summed E-state index contributed by atoms with van der Waals surface area (Å²) in [6, 6.07) is 9.02.